The molecule has 0 unspecified atom stereocenters. The molecule has 0 aliphatic heterocycles. The number of carboxylic acid groups (broad SMARTS) is 1. The Morgan fingerprint density at radius 3 is 2.53 bits per heavy atom. The van der Waals surface area contributed by atoms with E-state index in [2.05, 4.69) is 5.32 Å². The average molecular weight is 201 g/mol. The maximum Gasteiger partial charge on any atom is 0.322 e. The number of hydrogen-bond donors (Lipinski definition) is 2. The Balaban J connectivity index is 2.91. The van der Waals surface area contributed by atoms with E-state index in [0.29, 0.717) is 5.69 Å². The lowest BCUT2D eigenvalue weighted by Gasteiger charge is -2.03. The second-order valence-electron chi connectivity index (χ2n) is 2.73. The van der Waals surface area contributed by atoms with Crippen LogP contribution < -0.4 is 5.32 Å². The van der Waals surface area contributed by atoms with Crippen LogP contribution in [0.5, 0.6) is 0 Å². The van der Waals surface area contributed by atoms with Crippen LogP contribution in [0.4, 0.5) is 5.69 Å². The number of rotatable bonds is 3. The number of hydrogen-bond acceptors (Lipinski definition) is 4. The maximum atomic E-state index is 10.3. The third-order valence-corrected chi connectivity index (χ3v) is 1.70. The van der Waals surface area contributed by atoms with E-state index < -0.39 is 5.97 Å². The normalized spacial score (nSPS) is 8.67. The van der Waals surface area contributed by atoms with Crippen LogP contribution in [0.1, 0.15) is 11.1 Å². The fourth-order valence-corrected chi connectivity index (χ4v) is 1.02. The Labute approximate surface area is 86.2 Å². The van der Waals surface area contributed by atoms with Gasteiger partial charge >= 0.3 is 5.97 Å². The average Bonchev–Trinajstić information content (AvgIpc) is 2.25. The summed E-state index contributed by atoms with van der Waals surface area (Å²) in [7, 11) is 0. The van der Waals surface area contributed by atoms with Crippen molar-refractivity contribution >= 4 is 11.7 Å². The summed E-state index contributed by atoms with van der Waals surface area (Å²) in [5, 5.41) is 28.4. The highest BCUT2D eigenvalue weighted by atomic mass is 16.4. The maximum absolute atomic E-state index is 10.3. The smallest absolute Gasteiger partial charge is 0.322 e. The van der Waals surface area contributed by atoms with E-state index in [1.54, 1.807) is 6.07 Å². The van der Waals surface area contributed by atoms with Crippen LogP contribution in [-0.4, -0.2) is 17.6 Å². The topological polar surface area (TPSA) is 96.9 Å². The molecule has 0 atom stereocenters. The number of carboxylic acids is 1. The molecule has 1 aromatic carbocycles. The standard InChI is InChI=1S/C10H7N3O2/c11-4-7-1-2-9(3-8(7)5-12)13-6-10(14)15/h1-3,13H,6H2,(H,14,15). The number of nitrogens with zero attached hydrogens (tertiary/aromatic N) is 2. The molecule has 0 aromatic heterocycles. The van der Waals surface area contributed by atoms with Crippen molar-refractivity contribution in [2.45, 2.75) is 0 Å². The first kappa shape index (κ1) is 10.6. The van der Waals surface area contributed by atoms with Gasteiger partial charge in [0.25, 0.3) is 0 Å². The van der Waals surface area contributed by atoms with Gasteiger partial charge < -0.3 is 10.4 Å². The Hall–Kier alpha value is -2.53. The Morgan fingerprint density at radius 2 is 2.00 bits per heavy atom. The number of aliphatic carboxylic acids is 1. The zero-order valence-corrected chi connectivity index (χ0v) is 7.69. The zero-order valence-electron chi connectivity index (χ0n) is 7.69. The molecule has 15 heavy (non-hydrogen) atoms. The van der Waals surface area contributed by atoms with Gasteiger partial charge in [-0.3, -0.25) is 4.79 Å². The van der Waals surface area contributed by atoms with Crippen LogP contribution in [0.15, 0.2) is 18.2 Å². The van der Waals surface area contributed by atoms with Crippen molar-refractivity contribution in [3.8, 4) is 12.1 Å². The van der Waals surface area contributed by atoms with Gasteiger partial charge in [-0.2, -0.15) is 10.5 Å². The minimum Gasteiger partial charge on any atom is -0.480 e. The molecule has 1 aromatic rings. The third kappa shape index (κ3) is 2.71. The third-order valence-electron chi connectivity index (χ3n) is 1.70. The van der Waals surface area contributed by atoms with E-state index >= 15 is 0 Å². The van der Waals surface area contributed by atoms with Crippen LogP contribution in [0.25, 0.3) is 0 Å². The summed E-state index contributed by atoms with van der Waals surface area (Å²) in [5.74, 6) is -0.988. The first-order valence-corrected chi connectivity index (χ1v) is 4.07. The lowest BCUT2D eigenvalue weighted by atomic mass is 10.1. The van der Waals surface area contributed by atoms with Crippen molar-refractivity contribution in [3.63, 3.8) is 0 Å². The van der Waals surface area contributed by atoms with Gasteiger partial charge in [0, 0.05) is 5.69 Å². The van der Waals surface area contributed by atoms with Gasteiger partial charge in [-0.25, -0.2) is 0 Å². The molecule has 0 amide bonds. The van der Waals surface area contributed by atoms with Crippen molar-refractivity contribution < 1.29 is 9.90 Å². The molecule has 5 heteroatoms. The molecule has 2 N–H and O–H groups in total. The van der Waals surface area contributed by atoms with Crippen molar-refractivity contribution in [1.29, 1.82) is 10.5 Å². The molecule has 0 fully saturated rings. The quantitative estimate of drug-likeness (QED) is 0.758. The summed E-state index contributed by atoms with van der Waals surface area (Å²) in [6, 6.07) is 8.22. The van der Waals surface area contributed by atoms with Crippen LogP contribution in [0, 0.1) is 22.7 Å². The highest BCUT2D eigenvalue weighted by Gasteiger charge is 2.03. The molecule has 0 saturated heterocycles. The van der Waals surface area contributed by atoms with E-state index in [0.717, 1.165) is 0 Å². The van der Waals surface area contributed by atoms with Crippen LogP contribution in [0.2, 0.25) is 0 Å². The van der Waals surface area contributed by atoms with E-state index in [-0.39, 0.29) is 17.7 Å². The SMILES string of the molecule is N#Cc1ccc(NCC(=O)O)cc1C#N. The van der Waals surface area contributed by atoms with Gasteiger partial charge in [0.05, 0.1) is 11.1 Å². The van der Waals surface area contributed by atoms with Crippen LogP contribution >= 0.6 is 0 Å². The molecule has 0 bridgehead atoms. The van der Waals surface area contributed by atoms with Gasteiger partial charge in [0.2, 0.25) is 0 Å². The van der Waals surface area contributed by atoms with Crippen molar-refractivity contribution in [1.82, 2.24) is 0 Å². The first-order valence-electron chi connectivity index (χ1n) is 4.07. The Kier molecular flexibility index (Phi) is 3.26. The molecular weight excluding hydrogens is 194 g/mol. The number of nitrogens with one attached hydrogen (secondary N) is 1. The predicted molar refractivity (Wildman–Crippen MR) is 52.0 cm³/mol. The van der Waals surface area contributed by atoms with Crippen molar-refractivity contribution in [2.24, 2.45) is 0 Å². The number of nitriles is 2. The summed E-state index contributed by atoms with van der Waals surface area (Å²) in [6.45, 7) is -0.225. The van der Waals surface area contributed by atoms with Crippen molar-refractivity contribution in [2.75, 3.05) is 11.9 Å². The van der Waals surface area contributed by atoms with Gasteiger partial charge in [0.1, 0.15) is 18.7 Å². The Morgan fingerprint density at radius 1 is 1.33 bits per heavy atom. The minimum atomic E-state index is -0.988. The molecule has 0 spiro atoms. The van der Waals surface area contributed by atoms with Crippen molar-refractivity contribution in [3.05, 3.63) is 29.3 Å². The molecule has 0 radical (unpaired) electrons. The monoisotopic (exact) mass is 201 g/mol. The largest absolute Gasteiger partial charge is 0.480 e. The number of carbonyl (C=O) groups is 1. The molecule has 0 aliphatic rings. The molecule has 5 nitrogen and oxygen atoms in total. The summed E-state index contributed by atoms with van der Waals surface area (Å²) < 4.78 is 0. The van der Waals surface area contributed by atoms with Gasteiger partial charge in [-0.15, -0.1) is 0 Å². The summed E-state index contributed by atoms with van der Waals surface area (Å²) in [4.78, 5) is 10.3. The Bertz CT molecular complexity index is 469. The zero-order chi connectivity index (χ0) is 11.3. The molecule has 0 heterocycles. The second kappa shape index (κ2) is 4.64. The molecule has 0 saturated carbocycles. The van der Waals surface area contributed by atoms with E-state index in [4.69, 9.17) is 15.6 Å². The lowest BCUT2D eigenvalue weighted by Crippen LogP contribution is -2.12. The summed E-state index contributed by atoms with van der Waals surface area (Å²) in [6.07, 6.45) is 0. The fourth-order valence-electron chi connectivity index (χ4n) is 1.02. The van der Waals surface area contributed by atoms with Crippen LogP contribution in [-0.2, 0) is 4.79 Å². The van der Waals surface area contributed by atoms with Gasteiger partial charge in [-0.1, -0.05) is 0 Å². The number of anilines is 1. The van der Waals surface area contributed by atoms with Gasteiger partial charge in [0.15, 0.2) is 0 Å². The van der Waals surface area contributed by atoms with Crippen LogP contribution in [0.3, 0.4) is 0 Å². The second-order valence-corrected chi connectivity index (χ2v) is 2.73. The first-order chi connectivity index (χ1) is 7.17. The number of benzene rings is 1. The molecule has 1 rings (SSSR count). The summed E-state index contributed by atoms with van der Waals surface area (Å²) >= 11 is 0. The van der Waals surface area contributed by atoms with E-state index in [1.807, 2.05) is 12.1 Å². The summed E-state index contributed by atoms with van der Waals surface area (Å²) in [5.41, 5.74) is 1.01. The van der Waals surface area contributed by atoms with E-state index in [9.17, 15) is 4.79 Å². The molecule has 74 valence electrons. The lowest BCUT2D eigenvalue weighted by molar-refractivity contribution is -0.134. The highest BCUT2D eigenvalue weighted by Crippen LogP contribution is 2.14. The van der Waals surface area contributed by atoms with E-state index in [1.165, 1.54) is 12.1 Å². The highest BCUT2D eigenvalue weighted by molar-refractivity contribution is 5.73. The molecule has 0 aliphatic carbocycles. The molecular formula is C10H7N3O2. The van der Waals surface area contributed by atoms with Gasteiger partial charge in [-0.05, 0) is 18.2 Å². The minimum absolute atomic E-state index is 0.225. The fraction of sp³-hybridized carbons (Fsp3) is 0.100. The predicted octanol–water partition coefficient (Wildman–Crippen LogP) is 0.926.